The van der Waals surface area contributed by atoms with Gasteiger partial charge in [0.1, 0.15) is 17.8 Å². The van der Waals surface area contributed by atoms with Crippen LogP contribution in [0.1, 0.15) is 29.4 Å². The molecule has 0 fully saturated rings. The zero-order valence-corrected chi connectivity index (χ0v) is 11.7. The normalized spacial score (nSPS) is 10.1. The van der Waals surface area contributed by atoms with Gasteiger partial charge in [-0.1, -0.05) is 25.1 Å². The highest BCUT2D eigenvalue weighted by molar-refractivity contribution is 6.03. The molecule has 0 aliphatic rings. The van der Waals surface area contributed by atoms with Crippen LogP contribution in [0.5, 0.6) is 0 Å². The van der Waals surface area contributed by atoms with Crippen molar-refractivity contribution in [1.82, 2.24) is 9.97 Å². The summed E-state index contributed by atoms with van der Waals surface area (Å²) >= 11 is 0. The molecule has 5 heteroatoms. The number of hydrogen-bond acceptors (Lipinski definition) is 4. The Kier molecular flexibility index (Phi) is 4.65. The third kappa shape index (κ3) is 3.54. The van der Waals surface area contributed by atoms with Crippen LogP contribution in [-0.4, -0.2) is 22.4 Å². The quantitative estimate of drug-likeness (QED) is 0.876. The van der Waals surface area contributed by atoms with E-state index in [9.17, 15) is 4.79 Å². The molecule has 0 spiro atoms. The van der Waals surface area contributed by atoms with Gasteiger partial charge in [0.2, 0.25) is 0 Å². The first-order chi connectivity index (χ1) is 9.70. The lowest BCUT2D eigenvalue weighted by atomic mass is 10.2. The summed E-state index contributed by atoms with van der Waals surface area (Å²) in [7, 11) is 0. The molecule has 5 nitrogen and oxygen atoms in total. The van der Waals surface area contributed by atoms with E-state index in [2.05, 4.69) is 27.5 Å². The number of carbonyl (C=O) groups is 1. The molecule has 1 amide bonds. The lowest BCUT2D eigenvalue weighted by Gasteiger charge is -2.08. The monoisotopic (exact) mass is 270 g/mol. The van der Waals surface area contributed by atoms with Crippen molar-refractivity contribution < 1.29 is 4.79 Å². The third-order valence-electron chi connectivity index (χ3n) is 2.85. The molecule has 0 aliphatic heterocycles. The zero-order valence-electron chi connectivity index (χ0n) is 11.7. The number of amides is 1. The fourth-order valence-corrected chi connectivity index (χ4v) is 1.73. The molecule has 0 radical (unpaired) electrons. The van der Waals surface area contributed by atoms with Crippen LogP contribution in [0.4, 0.5) is 11.5 Å². The number of nitrogens with one attached hydrogen (secondary N) is 2. The van der Waals surface area contributed by atoms with Crippen molar-refractivity contribution in [1.29, 1.82) is 0 Å². The Labute approximate surface area is 118 Å². The van der Waals surface area contributed by atoms with E-state index in [-0.39, 0.29) is 5.91 Å². The van der Waals surface area contributed by atoms with E-state index in [0.717, 1.165) is 24.2 Å². The average Bonchev–Trinajstić information content (AvgIpc) is 2.48. The Morgan fingerprint density at radius 3 is 2.80 bits per heavy atom. The van der Waals surface area contributed by atoms with Gasteiger partial charge >= 0.3 is 0 Å². The fraction of sp³-hybridized carbons (Fsp3) is 0.267. The third-order valence-corrected chi connectivity index (χ3v) is 2.85. The Hall–Kier alpha value is -2.43. The topological polar surface area (TPSA) is 66.9 Å². The first-order valence-corrected chi connectivity index (χ1v) is 6.63. The molecular weight excluding hydrogens is 252 g/mol. The van der Waals surface area contributed by atoms with Crippen molar-refractivity contribution in [3.8, 4) is 0 Å². The number of anilines is 2. The molecule has 1 heterocycles. The van der Waals surface area contributed by atoms with Crippen LogP contribution >= 0.6 is 0 Å². The summed E-state index contributed by atoms with van der Waals surface area (Å²) in [5.74, 6) is 0.429. The van der Waals surface area contributed by atoms with Gasteiger partial charge in [-0.15, -0.1) is 0 Å². The van der Waals surface area contributed by atoms with Gasteiger partial charge in [-0.3, -0.25) is 4.79 Å². The maximum Gasteiger partial charge on any atom is 0.274 e. The summed E-state index contributed by atoms with van der Waals surface area (Å²) in [6, 6.07) is 9.29. The largest absolute Gasteiger partial charge is 0.370 e. The van der Waals surface area contributed by atoms with Crippen LogP contribution in [0.2, 0.25) is 0 Å². The highest BCUT2D eigenvalue weighted by Gasteiger charge is 2.10. The van der Waals surface area contributed by atoms with E-state index in [1.165, 1.54) is 6.33 Å². The van der Waals surface area contributed by atoms with Gasteiger partial charge < -0.3 is 10.6 Å². The van der Waals surface area contributed by atoms with E-state index in [0.29, 0.717) is 11.5 Å². The minimum absolute atomic E-state index is 0.235. The van der Waals surface area contributed by atoms with Crippen molar-refractivity contribution in [3.63, 3.8) is 0 Å². The Balaban J connectivity index is 2.11. The van der Waals surface area contributed by atoms with Gasteiger partial charge in [0, 0.05) is 18.3 Å². The standard InChI is InChI=1S/C15H18N4O/c1-3-8-16-14-9-13(17-10-18-14)15(20)19-12-7-5-4-6-11(12)2/h4-7,9-10H,3,8H2,1-2H3,(H,19,20)(H,16,17,18). The molecule has 104 valence electrons. The van der Waals surface area contributed by atoms with Crippen LogP contribution in [0, 0.1) is 6.92 Å². The van der Waals surface area contributed by atoms with Gasteiger partial charge in [-0.2, -0.15) is 0 Å². The summed E-state index contributed by atoms with van der Waals surface area (Å²) < 4.78 is 0. The van der Waals surface area contributed by atoms with Crippen molar-refractivity contribution in [2.75, 3.05) is 17.2 Å². The smallest absolute Gasteiger partial charge is 0.274 e. The number of aryl methyl sites for hydroxylation is 1. The van der Waals surface area contributed by atoms with Crippen LogP contribution in [-0.2, 0) is 0 Å². The molecule has 0 bridgehead atoms. The number of benzene rings is 1. The summed E-state index contributed by atoms with van der Waals surface area (Å²) in [5, 5.41) is 5.99. The molecule has 1 aromatic carbocycles. The van der Waals surface area contributed by atoms with Gasteiger partial charge in [0.05, 0.1) is 0 Å². The second-order valence-corrected chi connectivity index (χ2v) is 4.48. The molecule has 2 N–H and O–H groups in total. The predicted molar refractivity (Wildman–Crippen MR) is 79.9 cm³/mol. The van der Waals surface area contributed by atoms with Crippen molar-refractivity contribution in [2.45, 2.75) is 20.3 Å². The molecule has 1 aromatic heterocycles. The number of para-hydroxylation sites is 1. The molecule has 0 atom stereocenters. The molecular formula is C15H18N4O. The summed E-state index contributed by atoms with van der Waals surface area (Å²) in [4.78, 5) is 20.3. The lowest BCUT2D eigenvalue weighted by molar-refractivity contribution is 0.102. The molecule has 0 unspecified atom stereocenters. The first-order valence-electron chi connectivity index (χ1n) is 6.63. The number of rotatable bonds is 5. The van der Waals surface area contributed by atoms with E-state index in [1.807, 2.05) is 31.2 Å². The molecule has 0 saturated heterocycles. The maximum absolute atomic E-state index is 12.2. The summed E-state index contributed by atoms with van der Waals surface area (Å²) in [6.07, 6.45) is 2.39. The van der Waals surface area contributed by atoms with Crippen molar-refractivity contribution in [3.05, 3.63) is 47.9 Å². The highest BCUT2D eigenvalue weighted by Crippen LogP contribution is 2.14. The van der Waals surface area contributed by atoms with Crippen LogP contribution in [0.3, 0.4) is 0 Å². The van der Waals surface area contributed by atoms with Gasteiger partial charge in [0.25, 0.3) is 5.91 Å². The molecule has 2 rings (SSSR count). The predicted octanol–water partition coefficient (Wildman–Crippen LogP) is 2.86. The van der Waals surface area contributed by atoms with E-state index < -0.39 is 0 Å². The van der Waals surface area contributed by atoms with Crippen molar-refractivity contribution >= 4 is 17.4 Å². The van der Waals surface area contributed by atoms with Crippen molar-refractivity contribution in [2.24, 2.45) is 0 Å². The minimum atomic E-state index is -0.235. The van der Waals surface area contributed by atoms with Crippen LogP contribution in [0.15, 0.2) is 36.7 Å². The van der Waals surface area contributed by atoms with Gasteiger partial charge in [0.15, 0.2) is 0 Å². The van der Waals surface area contributed by atoms with E-state index in [1.54, 1.807) is 6.07 Å². The maximum atomic E-state index is 12.2. The second-order valence-electron chi connectivity index (χ2n) is 4.48. The van der Waals surface area contributed by atoms with Gasteiger partial charge in [-0.05, 0) is 25.0 Å². The first kappa shape index (κ1) is 14.0. The Morgan fingerprint density at radius 2 is 2.05 bits per heavy atom. The molecule has 20 heavy (non-hydrogen) atoms. The Morgan fingerprint density at radius 1 is 1.25 bits per heavy atom. The SMILES string of the molecule is CCCNc1cc(C(=O)Nc2ccccc2C)ncn1. The summed E-state index contributed by atoms with van der Waals surface area (Å²) in [6.45, 7) is 4.83. The minimum Gasteiger partial charge on any atom is -0.370 e. The lowest BCUT2D eigenvalue weighted by Crippen LogP contribution is -2.15. The van der Waals surface area contributed by atoms with Crippen LogP contribution < -0.4 is 10.6 Å². The Bertz CT molecular complexity index is 598. The van der Waals surface area contributed by atoms with Gasteiger partial charge in [-0.25, -0.2) is 9.97 Å². The zero-order chi connectivity index (χ0) is 14.4. The average molecular weight is 270 g/mol. The highest BCUT2D eigenvalue weighted by atomic mass is 16.1. The number of hydrogen-bond donors (Lipinski definition) is 2. The molecule has 0 saturated carbocycles. The van der Waals surface area contributed by atoms with E-state index in [4.69, 9.17) is 0 Å². The number of carbonyl (C=O) groups excluding carboxylic acids is 1. The number of aromatic nitrogens is 2. The molecule has 2 aromatic rings. The molecule has 0 aliphatic carbocycles. The van der Waals surface area contributed by atoms with E-state index >= 15 is 0 Å². The second kappa shape index (κ2) is 6.65. The fourth-order valence-electron chi connectivity index (χ4n) is 1.73. The number of nitrogens with zero attached hydrogens (tertiary/aromatic N) is 2. The summed E-state index contributed by atoms with van der Waals surface area (Å²) in [5.41, 5.74) is 2.15. The van der Waals surface area contributed by atoms with Crippen LogP contribution in [0.25, 0.3) is 0 Å².